The number of ether oxygens (including phenoxy) is 1. The van der Waals surface area contributed by atoms with Gasteiger partial charge >= 0.3 is 0 Å². The van der Waals surface area contributed by atoms with E-state index < -0.39 is 0 Å². The van der Waals surface area contributed by atoms with Gasteiger partial charge in [0.15, 0.2) is 0 Å². The fraction of sp³-hybridized carbons (Fsp3) is 0.412. The second-order valence-electron chi connectivity index (χ2n) is 4.39. The van der Waals surface area contributed by atoms with Gasteiger partial charge in [-0.05, 0) is 43.4 Å². The van der Waals surface area contributed by atoms with E-state index in [1.807, 2.05) is 6.08 Å². The van der Waals surface area contributed by atoms with Crippen molar-refractivity contribution >= 4 is 0 Å². The quantitative estimate of drug-likeness (QED) is 0.442. The van der Waals surface area contributed by atoms with Crippen molar-refractivity contribution in [3.63, 3.8) is 0 Å². The molecule has 0 amide bonds. The van der Waals surface area contributed by atoms with Crippen molar-refractivity contribution in [1.82, 2.24) is 0 Å². The van der Waals surface area contributed by atoms with Gasteiger partial charge in [0.1, 0.15) is 5.75 Å². The van der Waals surface area contributed by atoms with Crippen LogP contribution in [-0.2, 0) is 6.42 Å². The Morgan fingerprint density at radius 3 is 2.56 bits per heavy atom. The van der Waals surface area contributed by atoms with Crippen molar-refractivity contribution in [1.29, 1.82) is 0 Å². The molecule has 0 saturated heterocycles. The second kappa shape index (κ2) is 9.52. The third-order valence-electron chi connectivity index (χ3n) is 2.75. The Kier molecular flexibility index (Phi) is 7.70. The molecule has 1 aromatic rings. The van der Waals surface area contributed by atoms with E-state index in [1.54, 1.807) is 0 Å². The molecule has 0 spiro atoms. The maximum absolute atomic E-state index is 5.63. The summed E-state index contributed by atoms with van der Waals surface area (Å²) in [6, 6.07) is 8.39. The van der Waals surface area contributed by atoms with Crippen LogP contribution in [0.1, 0.15) is 38.2 Å². The first-order valence-corrected chi connectivity index (χ1v) is 6.84. The molecule has 0 saturated carbocycles. The molecule has 1 aromatic carbocycles. The molecule has 0 unspecified atom stereocenters. The molecular weight excluding hydrogens is 220 g/mol. The van der Waals surface area contributed by atoms with Crippen molar-refractivity contribution in [2.24, 2.45) is 0 Å². The van der Waals surface area contributed by atoms with Crippen molar-refractivity contribution < 1.29 is 4.74 Å². The lowest BCUT2D eigenvalue weighted by atomic mass is 10.1. The lowest BCUT2D eigenvalue weighted by Gasteiger charge is -2.05. The normalized spacial score (nSPS) is 10.7. The molecule has 0 fully saturated rings. The highest BCUT2D eigenvalue weighted by Gasteiger charge is 1.94. The van der Waals surface area contributed by atoms with Crippen LogP contribution >= 0.6 is 0 Å². The van der Waals surface area contributed by atoms with Gasteiger partial charge in [-0.3, -0.25) is 0 Å². The molecule has 98 valence electrons. The summed E-state index contributed by atoms with van der Waals surface area (Å²) in [6.07, 6.45) is 11.8. The van der Waals surface area contributed by atoms with Crippen LogP contribution in [0.25, 0.3) is 0 Å². The Balaban J connectivity index is 2.31. The Morgan fingerprint density at radius 2 is 1.89 bits per heavy atom. The van der Waals surface area contributed by atoms with Crippen molar-refractivity contribution in [3.05, 3.63) is 54.6 Å². The molecule has 0 aliphatic rings. The lowest BCUT2D eigenvalue weighted by Crippen LogP contribution is -1.96. The van der Waals surface area contributed by atoms with Gasteiger partial charge in [-0.1, -0.05) is 43.7 Å². The molecule has 18 heavy (non-hydrogen) atoms. The zero-order chi connectivity index (χ0) is 13.1. The summed E-state index contributed by atoms with van der Waals surface area (Å²) in [5.74, 6) is 0.975. The number of benzene rings is 1. The van der Waals surface area contributed by atoms with E-state index in [2.05, 4.69) is 49.9 Å². The summed E-state index contributed by atoms with van der Waals surface area (Å²) in [5.41, 5.74) is 1.33. The van der Waals surface area contributed by atoms with E-state index in [-0.39, 0.29) is 0 Å². The largest absolute Gasteiger partial charge is 0.494 e. The molecule has 1 nitrogen and oxygen atoms in total. The maximum atomic E-state index is 5.63. The third-order valence-corrected chi connectivity index (χ3v) is 2.75. The van der Waals surface area contributed by atoms with Gasteiger partial charge in [-0.15, -0.1) is 6.58 Å². The summed E-state index contributed by atoms with van der Waals surface area (Å²) in [7, 11) is 0. The SMILES string of the molecule is C=CCC/C=C/Cc1ccc(OCCCC)cc1. The predicted octanol–water partition coefficient (Wildman–Crippen LogP) is 4.93. The Hall–Kier alpha value is -1.50. The third kappa shape index (κ3) is 6.29. The summed E-state index contributed by atoms with van der Waals surface area (Å²) < 4.78 is 5.63. The Labute approximate surface area is 111 Å². The average Bonchev–Trinajstić information content (AvgIpc) is 2.40. The standard InChI is InChI=1S/C17H24O/c1-3-5-7-8-9-10-16-11-13-17(14-12-16)18-15-6-4-2/h3,8-9,11-14H,1,4-7,10,15H2,2H3/b9-8+. The van der Waals surface area contributed by atoms with E-state index in [0.29, 0.717) is 0 Å². The molecule has 1 heteroatoms. The van der Waals surface area contributed by atoms with Crippen LogP contribution in [0.2, 0.25) is 0 Å². The van der Waals surface area contributed by atoms with E-state index >= 15 is 0 Å². The van der Waals surface area contributed by atoms with Crippen molar-refractivity contribution in [3.8, 4) is 5.75 Å². The van der Waals surface area contributed by atoms with E-state index in [0.717, 1.165) is 38.0 Å². The molecular formula is C17H24O. The van der Waals surface area contributed by atoms with E-state index in [9.17, 15) is 0 Å². The molecule has 0 aliphatic carbocycles. The fourth-order valence-electron chi connectivity index (χ4n) is 1.61. The fourth-order valence-corrected chi connectivity index (χ4v) is 1.61. The summed E-state index contributed by atoms with van der Waals surface area (Å²) in [5, 5.41) is 0. The number of unbranched alkanes of at least 4 members (excludes halogenated alkanes) is 2. The van der Waals surface area contributed by atoms with Gasteiger partial charge in [0, 0.05) is 0 Å². The zero-order valence-electron chi connectivity index (χ0n) is 11.4. The number of rotatable bonds is 9. The molecule has 0 atom stereocenters. The minimum absolute atomic E-state index is 0.817. The van der Waals surface area contributed by atoms with Gasteiger partial charge in [-0.2, -0.15) is 0 Å². The van der Waals surface area contributed by atoms with Crippen LogP contribution in [0.3, 0.4) is 0 Å². The van der Waals surface area contributed by atoms with Gasteiger partial charge in [-0.25, -0.2) is 0 Å². The van der Waals surface area contributed by atoms with Gasteiger partial charge < -0.3 is 4.74 Å². The van der Waals surface area contributed by atoms with Crippen molar-refractivity contribution in [2.75, 3.05) is 6.61 Å². The predicted molar refractivity (Wildman–Crippen MR) is 79.1 cm³/mol. The molecule has 0 radical (unpaired) electrons. The molecule has 0 N–H and O–H groups in total. The Bertz CT molecular complexity index is 348. The highest BCUT2D eigenvalue weighted by molar-refractivity contribution is 5.28. The summed E-state index contributed by atoms with van der Waals surface area (Å²) in [6.45, 7) is 6.70. The number of hydrogen-bond acceptors (Lipinski definition) is 1. The zero-order valence-corrected chi connectivity index (χ0v) is 11.4. The maximum Gasteiger partial charge on any atom is 0.119 e. The first-order chi connectivity index (χ1) is 8.86. The van der Waals surface area contributed by atoms with Gasteiger partial charge in [0.2, 0.25) is 0 Å². The van der Waals surface area contributed by atoms with Crippen LogP contribution < -0.4 is 4.74 Å². The van der Waals surface area contributed by atoms with Crippen LogP contribution in [0, 0.1) is 0 Å². The van der Waals surface area contributed by atoms with Crippen LogP contribution in [0.5, 0.6) is 5.75 Å². The highest BCUT2D eigenvalue weighted by Crippen LogP contribution is 2.13. The minimum Gasteiger partial charge on any atom is -0.494 e. The van der Waals surface area contributed by atoms with Gasteiger partial charge in [0.05, 0.1) is 6.61 Å². The molecule has 0 heterocycles. The molecule has 0 aromatic heterocycles. The monoisotopic (exact) mass is 244 g/mol. The first kappa shape index (κ1) is 14.6. The lowest BCUT2D eigenvalue weighted by molar-refractivity contribution is 0.309. The average molecular weight is 244 g/mol. The van der Waals surface area contributed by atoms with Crippen molar-refractivity contribution in [2.45, 2.75) is 39.0 Å². The van der Waals surface area contributed by atoms with E-state index in [1.165, 1.54) is 12.0 Å². The van der Waals surface area contributed by atoms with E-state index in [4.69, 9.17) is 4.74 Å². The summed E-state index contributed by atoms with van der Waals surface area (Å²) >= 11 is 0. The topological polar surface area (TPSA) is 9.23 Å². The smallest absolute Gasteiger partial charge is 0.119 e. The van der Waals surface area contributed by atoms with Crippen LogP contribution in [0.15, 0.2) is 49.1 Å². The molecule has 0 aliphatic heterocycles. The second-order valence-corrected chi connectivity index (χ2v) is 4.39. The first-order valence-electron chi connectivity index (χ1n) is 6.84. The number of hydrogen-bond donors (Lipinski definition) is 0. The minimum atomic E-state index is 0.817. The molecule has 0 bridgehead atoms. The van der Waals surface area contributed by atoms with Gasteiger partial charge in [0.25, 0.3) is 0 Å². The van der Waals surface area contributed by atoms with Crippen LogP contribution in [-0.4, -0.2) is 6.61 Å². The highest BCUT2D eigenvalue weighted by atomic mass is 16.5. The Morgan fingerprint density at radius 1 is 1.11 bits per heavy atom. The summed E-state index contributed by atoms with van der Waals surface area (Å²) in [4.78, 5) is 0. The van der Waals surface area contributed by atoms with Crippen LogP contribution in [0.4, 0.5) is 0 Å². The number of allylic oxidation sites excluding steroid dienone is 3. The molecule has 1 rings (SSSR count).